The molecule has 158 valence electrons. The van der Waals surface area contributed by atoms with Crippen molar-refractivity contribution < 1.29 is 14.1 Å². The first-order valence-corrected chi connectivity index (χ1v) is 10.3. The molecule has 0 radical (unpaired) electrons. The third-order valence-corrected chi connectivity index (χ3v) is 5.88. The van der Waals surface area contributed by atoms with Crippen molar-refractivity contribution in [1.82, 2.24) is 25.0 Å². The van der Waals surface area contributed by atoms with Crippen LogP contribution in [0.5, 0.6) is 5.75 Å². The molecule has 1 aromatic carbocycles. The molecule has 8 nitrogen and oxygen atoms in total. The van der Waals surface area contributed by atoms with Gasteiger partial charge in [0.15, 0.2) is 0 Å². The smallest absolute Gasteiger partial charge is 0.258 e. The average Bonchev–Trinajstić information content (AvgIpc) is 3.44. The summed E-state index contributed by atoms with van der Waals surface area (Å²) >= 11 is 0. The van der Waals surface area contributed by atoms with E-state index in [-0.39, 0.29) is 11.9 Å². The molecule has 0 bridgehead atoms. The number of nitrogens with one attached hydrogen (secondary N) is 1. The largest absolute Gasteiger partial charge is 0.497 e. The maximum atomic E-state index is 13.9. The lowest BCUT2D eigenvalue weighted by Crippen LogP contribution is -2.41. The Morgan fingerprint density at radius 3 is 2.87 bits per heavy atom. The number of rotatable bonds is 4. The van der Waals surface area contributed by atoms with Gasteiger partial charge in [0.1, 0.15) is 11.8 Å². The molecule has 0 spiro atoms. The molecule has 1 aliphatic heterocycles. The molecule has 1 aliphatic rings. The van der Waals surface area contributed by atoms with Gasteiger partial charge >= 0.3 is 0 Å². The van der Waals surface area contributed by atoms with Gasteiger partial charge in [-0.05, 0) is 37.1 Å². The van der Waals surface area contributed by atoms with Crippen LogP contribution in [0.4, 0.5) is 0 Å². The van der Waals surface area contributed by atoms with E-state index in [1.165, 1.54) is 0 Å². The number of carbonyl (C=O) groups excluding carboxylic acids is 1. The molecule has 1 atom stereocenters. The van der Waals surface area contributed by atoms with Gasteiger partial charge in [0, 0.05) is 24.4 Å². The molecule has 0 saturated heterocycles. The lowest BCUT2D eigenvalue weighted by Gasteiger charge is -2.35. The Kier molecular flexibility index (Phi) is 4.69. The van der Waals surface area contributed by atoms with Gasteiger partial charge in [-0.15, -0.1) is 0 Å². The van der Waals surface area contributed by atoms with Crippen molar-refractivity contribution >= 4 is 17.0 Å². The lowest BCUT2D eigenvalue weighted by molar-refractivity contribution is 0.0692. The van der Waals surface area contributed by atoms with Gasteiger partial charge < -0.3 is 19.1 Å². The van der Waals surface area contributed by atoms with E-state index >= 15 is 0 Å². The Morgan fingerprint density at radius 2 is 2.13 bits per heavy atom. The number of hydrogen-bond acceptors (Lipinski definition) is 6. The van der Waals surface area contributed by atoms with Gasteiger partial charge in [-0.3, -0.25) is 4.79 Å². The van der Waals surface area contributed by atoms with E-state index in [4.69, 9.17) is 9.26 Å². The Balaban J connectivity index is 1.64. The van der Waals surface area contributed by atoms with Gasteiger partial charge in [-0.1, -0.05) is 24.2 Å². The summed E-state index contributed by atoms with van der Waals surface area (Å²) in [5.74, 6) is 0.686. The Labute approximate surface area is 179 Å². The van der Waals surface area contributed by atoms with Crippen LogP contribution < -0.4 is 4.74 Å². The minimum Gasteiger partial charge on any atom is -0.497 e. The molecule has 4 aromatic rings. The number of methoxy groups -OCH3 is 1. The molecule has 0 aliphatic carbocycles. The summed E-state index contributed by atoms with van der Waals surface area (Å²) in [6.07, 6.45) is 3.10. The first-order chi connectivity index (χ1) is 15.1. The van der Waals surface area contributed by atoms with Crippen LogP contribution >= 0.6 is 0 Å². The number of carbonyl (C=O) groups is 1. The SMILES string of the molecule is CCc1cc(C(=O)N2CCc3[nH]cnc3C2c2ccc(OC)cc2)c2c(C)noc2n1. The van der Waals surface area contributed by atoms with E-state index in [1.54, 1.807) is 13.4 Å². The quantitative estimate of drug-likeness (QED) is 0.545. The van der Waals surface area contributed by atoms with Gasteiger partial charge in [0.25, 0.3) is 11.6 Å². The van der Waals surface area contributed by atoms with Crippen LogP contribution in [0.15, 0.2) is 41.2 Å². The van der Waals surface area contributed by atoms with Gasteiger partial charge in [0.2, 0.25) is 0 Å². The fourth-order valence-corrected chi connectivity index (χ4v) is 4.27. The summed E-state index contributed by atoms with van der Waals surface area (Å²) in [5, 5.41) is 4.71. The highest BCUT2D eigenvalue weighted by molar-refractivity contribution is 6.06. The van der Waals surface area contributed by atoms with Crippen molar-refractivity contribution in [2.75, 3.05) is 13.7 Å². The highest BCUT2D eigenvalue weighted by Gasteiger charge is 2.35. The number of hydrogen-bond donors (Lipinski definition) is 1. The van der Waals surface area contributed by atoms with Crippen LogP contribution in [0.25, 0.3) is 11.1 Å². The summed E-state index contributed by atoms with van der Waals surface area (Å²) in [6.45, 7) is 4.40. The van der Waals surface area contributed by atoms with Crippen molar-refractivity contribution in [2.45, 2.75) is 32.7 Å². The second-order valence-electron chi connectivity index (χ2n) is 7.65. The Morgan fingerprint density at radius 1 is 1.32 bits per heavy atom. The summed E-state index contributed by atoms with van der Waals surface area (Å²) in [5.41, 5.74) is 5.33. The molecule has 4 heterocycles. The van der Waals surface area contributed by atoms with Gasteiger partial charge in [-0.2, -0.15) is 0 Å². The maximum absolute atomic E-state index is 13.9. The number of fused-ring (bicyclic) bond motifs is 2. The zero-order chi connectivity index (χ0) is 21.5. The van der Waals surface area contributed by atoms with Crippen LogP contribution in [-0.4, -0.2) is 44.6 Å². The number of imidazole rings is 1. The topological polar surface area (TPSA) is 97.1 Å². The van der Waals surface area contributed by atoms with E-state index in [2.05, 4.69) is 20.1 Å². The Bertz CT molecular complexity index is 1260. The number of amides is 1. The fourth-order valence-electron chi connectivity index (χ4n) is 4.27. The van der Waals surface area contributed by atoms with Gasteiger partial charge in [0.05, 0.1) is 35.8 Å². The number of aryl methyl sites for hydroxylation is 2. The summed E-state index contributed by atoms with van der Waals surface area (Å²) < 4.78 is 10.7. The second kappa shape index (κ2) is 7.54. The number of H-pyrrole nitrogens is 1. The van der Waals surface area contributed by atoms with E-state index in [0.29, 0.717) is 41.7 Å². The number of pyridine rings is 1. The number of ether oxygens (including phenoxy) is 1. The van der Waals surface area contributed by atoms with Crippen molar-refractivity contribution in [3.63, 3.8) is 0 Å². The van der Waals surface area contributed by atoms with Crippen molar-refractivity contribution in [3.8, 4) is 5.75 Å². The number of nitrogens with zero attached hydrogens (tertiary/aromatic N) is 4. The molecule has 0 saturated carbocycles. The van der Waals surface area contributed by atoms with E-state index in [0.717, 1.165) is 28.4 Å². The fraction of sp³-hybridized carbons (Fsp3) is 0.304. The van der Waals surface area contributed by atoms with E-state index in [1.807, 2.05) is 49.1 Å². The first-order valence-electron chi connectivity index (χ1n) is 10.3. The highest BCUT2D eigenvalue weighted by Crippen LogP contribution is 2.36. The van der Waals surface area contributed by atoms with Crippen LogP contribution in [0.2, 0.25) is 0 Å². The summed E-state index contributed by atoms with van der Waals surface area (Å²) in [4.78, 5) is 28.1. The second-order valence-corrected chi connectivity index (χ2v) is 7.65. The lowest BCUT2D eigenvalue weighted by atomic mass is 9.94. The molecular formula is C23H23N5O3. The van der Waals surface area contributed by atoms with Gasteiger partial charge in [-0.25, -0.2) is 9.97 Å². The number of aromatic amines is 1. The molecule has 0 fully saturated rings. The third-order valence-electron chi connectivity index (χ3n) is 5.88. The first kappa shape index (κ1) is 19.3. The molecule has 31 heavy (non-hydrogen) atoms. The highest BCUT2D eigenvalue weighted by atomic mass is 16.5. The predicted octanol–water partition coefficient (Wildman–Crippen LogP) is 3.61. The predicted molar refractivity (Wildman–Crippen MR) is 114 cm³/mol. The van der Waals surface area contributed by atoms with Crippen LogP contribution in [0.3, 0.4) is 0 Å². The molecule has 1 unspecified atom stereocenters. The number of benzene rings is 1. The Hall–Kier alpha value is -3.68. The minimum absolute atomic E-state index is 0.0807. The molecule has 1 amide bonds. The van der Waals surface area contributed by atoms with Crippen LogP contribution in [-0.2, 0) is 12.8 Å². The maximum Gasteiger partial charge on any atom is 0.258 e. The van der Waals surface area contributed by atoms with E-state index in [9.17, 15) is 4.79 Å². The zero-order valence-electron chi connectivity index (χ0n) is 17.7. The molecule has 5 rings (SSSR count). The standard InChI is InChI=1S/C23H23N5O3/c1-4-15-11-17(19-13(2)27-31-22(19)26-15)23(29)28-10-9-18-20(25-12-24-18)21(28)14-5-7-16(30-3)8-6-14/h5-8,11-12,21H,4,9-10H2,1-3H3,(H,24,25). The van der Waals surface area contributed by atoms with Crippen molar-refractivity contribution in [1.29, 1.82) is 0 Å². The van der Waals surface area contributed by atoms with E-state index < -0.39 is 0 Å². The normalized spacial score (nSPS) is 15.8. The van der Waals surface area contributed by atoms with Crippen LogP contribution in [0.1, 0.15) is 51.7 Å². The average molecular weight is 417 g/mol. The summed E-state index contributed by atoms with van der Waals surface area (Å²) in [7, 11) is 1.64. The molecule has 8 heteroatoms. The monoisotopic (exact) mass is 417 g/mol. The molecule has 3 aromatic heterocycles. The number of aromatic nitrogens is 4. The van der Waals surface area contributed by atoms with Crippen LogP contribution in [0, 0.1) is 6.92 Å². The third kappa shape index (κ3) is 3.15. The molecular weight excluding hydrogens is 394 g/mol. The van der Waals surface area contributed by atoms with Crippen molar-refractivity contribution in [3.05, 3.63) is 70.6 Å². The summed E-state index contributed by atoms with van der Waals surface area (Å²) in [6, 6.07) is 9.34. The molecule has 1 N–H and O–H groups in total. The minimum atomic E-state index is -0.304. The van der Waals surface area contributed by atoms with Crippen molar-refractivity contribution in [2.24, 2.45) is 0 Å². The zero-order valence-corrected chi connectivity index (χ0v) is 17.7.